The van der Waals surface area contributed by atoms with Gasteiger partial charge in [-0.05, 0) is 183 Å². The van der Waals surface area contributed by atoms with Gasteiger partial charge in [0.2, 0.25) is 0 Å². The molecule has 10 aliphatic rings. The van der Waals surface area contributed by atoms with Crippen molar-refractivity contribution in [2.45, 2.75) is 131 Å². The molecule has 4 nitrogen and oxygen atoms in total. The zero-order chi connectivity index (χ0) is 59.1. The molecule has 0 radical (unpaired) electrons. The molecule has 12 atom stereocenters. The molecule has 0 N–H and O–H groups in total. The van der Waals surface area contributed by atoms with Gasteiger partial charge in [-0.25, -0.2) is 0 Å². The molecular formula is C85H82N2O2. The SMILES string of the molecule is C1=CCC(c2cccc(N(c3ccc(-c4ccc5c(c4)Oc4ccccc4C54C5=CCCC=C5OC5C=C(C6C=CC(N(C7=CC(c8ccccc8)CC=C7)C7CC=CC(c8ccccc8)C7)CC6)C=CC54)cc3)C3CC=CC(C4CC=CCC4)C3)c2)C=C1. The molecule has 1 spiro atoms. The highest BCUT2D eigenvalue weighted by atomic mass is 16.5. The van der Waals surface area contributed by atoms with E-state index in [1.54, 1.807) is 0 Å². The molecule has 0 aromatic heterocycles. The van der Waals surface area contributed by atoms with Gasteiger partial charge < -0.3 is 19.3 Å². The van der Waals surface area contributed by atoms with Gasteiger partial charge in [-0.3, -0.25) is 0 Å². The number of benzene rings is 6. The molecule has 6 aromatic carbocycles. The minimum absolute atomic E-state index is 0.0101. The molecule has 12 unspecified atom stereocenters. The average Bonchev–Trinajstić information content (AvgIpc) is 1.80. The first kappa shape index (κ1) is 55.7. The van der Waals surface area contributed by atoms with Crippen molar-refractivity contribution in [1.29, 1.82) is 0 Å². The molecule has 2 aliphatic heterocycles. The Labute approximate surface area is 528 Å². The molecule has 1 fully saturated rings. The maximum atomic E-state index is 7.31. The van der Waals surface area contributed by atoms with E-state index in [4.69, 9.17) is 9.47 Å². The summed E-state index contributed by atoms with van der Waals surface area (Å²) >= 11 is 0. The minimum atomic E-state index is -0.516. The number of fused-ring (bicyclic) bond motifs is 8. The van der Waals surface area contributed by atoms with Crippen molar-refractivity contribution < 1.29 is 9.47 Å². The Hall–Kier alpha value is -8.60. The zero-order valence-corrected chi connectivity index (χ0v) is 51.2. The number of hydrogen-bond acceptors (Lipinski definition) is 4. The quantitative estimate of drug-likeness (QED) is 0.114. The predicted molar refractivity (Wildman–Crippen MR) is 366 cm³/mol. The predicted octanol–water partition coefficient (Wildman–Crippen LogP) is 21.1. The Morgan fingerprint density at radius 3 is 2.08 bits per heavy atom. The van der Waals surface area contributed by atoms with E-state index in [0.29, 0.717) is 53.6 Å². The molecule has 2 heterocycles. The Morgan fingerprint density at radius 2 is 1.25 bits per heavy atom. The molecular weight excluding hydrogens is 1080 g/mol. The molecule has 1 saturated heterocycles. The van der Waals surface area contributed by atoms with Crippen LogP contribution in [0.4, 0.5) is 11.4 Å². The Balaban J connectivity index is 0.704. The van der Waals surface area contributed by atoms with Crippen molar-refractivity contribution in [3.05, 3.63) is 324 Å². The van der Waals surface area contributed by atoms with Crippen molar-refractivity contribution in [3.8, 4) is 22.6 Å². The normalized spacial score (nSPS) is 29.5. The van der Waals surface area contributed by atoms with E-state index in [1.807, 2.05) is 0 Å². The number of rotatable bonds is 12. The van der Waals surface area contributed by atoms with Crippen LogP contribution in [0.3, 0.4) is 0 Å². The van der Waals surface area contributed by atoms with E-state index in [1.165, 1.54) is 80.9 Å². The molecule has 4 heteroatoms. The van der Waals surface area contributed by atoms with Crippen LogP contribution in [0.1, 0.15) is 129 Å². The monoisotopic (exact) mass is 1160 g/mol. The number of hydrogen-bond donors (Lipinski definition) is 0. The highest BCUT2D eigenvalue weighted by molar-refractivity contribution is 5.76. The van der Waals surface area contributed by atoms with Gasteiger partial charge in [0.1, 0.15) is 23.4 Å². The summed E-state index contributed by atoms with van der Waals surface area (Å²) in [4.78, 5) is 5.49. The topological polar surface area (TPSA) is 24.9 Å². The van der Waals surface area contributed by atoms with Crippen LogP contribution in [0.25, 0.3) is 11.1 Å². The molecule has 0 amide bonds. The maximum Gasteiger partial charge on any atom is 0.132 e. The third-order valence-corrected chi connectivity index (χ3v) is 21.7. The van der Waals surface area contributed by atoms with E-state index in [9.17, 15) is 0 Å². The summed E-state index contributed by atoms with van der Waals surface area (Å²) in [5, 5.41) is 0. The summed E-state index contributed by atoms with van der Waals surface area (Å²) < 4.78 is 14.5. The fourth-order valence-electron chi connectivity index (χ4n) is 17.4. The summed E-state index contributed by atoms with van der Waals surface area (Å²) in [5.41, 5.74) is 15.0. The number of ether oxygens (including phenoxy) is 2. The first-order chi connectivity index (χ1) is 44.1. The van der Waals surface area contributed by atoms with Gasteiger partial charge in [-0.2, -0.15) is 0 Å². The van der Waals surface area contributed by atoms with Gasteiger partial charge >= 0.3 is 0 Å². The minimum Gasteiger partial charge on any atom is -0.486 e. The molecule has 0 bridgehead atoms. The second kappa shape index (κ2) is 24.4. The molecule has 89 heavy (non-hydrogen) atoms. The second-order valence-electron chi connectivity index (χ2n) is 26.8. The molecule has 444 valence electrons. The lowest BCUT2D eigenvalue weighted by Crippen LogP contribution is -2.51. The lowest BCUT2D eigenvalue weighted by Gasteiger charge is -2.53. The number of para-hydroxylation sites is 1. The third-order valence-electron chi connectivity index (χ3n) is 21.7. The number of anilines is 2. The summed E-state index contributed by atoms with van der Waals surface area (Å²) in [6, 6.07) is 58.1. The van der Waals surface area contributed by atoms with Crippen molar-refractivity contribution >= 4 is 11.4 Å². The lowest BCUT2D eigenvalue weighted by molar-refractivity contribution is 0.0629. The zero-order valence-electron chi connectivity index (χ0n) is 51.2. The lowest BCUT2D eigenvalue weighted by atomic mass is 9.55. The fraction of sp³-hybridized carbons (Fsp3) is 0.294. The second-order valence-corrected chi connectivity index (χ2v) is 26.8. The first-order valence-electron chi connectivity index (χ1n) is 33.7. The van der Waals surface area contributed by atoms with Crippen LogP contribution in [0, 0.1) is 23.7 Å². The van der Waals surface area contributed by atoms with Crippen molar-refractivity contribution in [3.63, 3.8) is 0 Å². The Morgan fingerprint density at radius 1 is 0.461 bits per heavy atom. The molecule has 6 aromatic rings. The number of nitrogens with zero attached hydrogens (tertiary/aromatic N) is 2. The summed E-state index contributed by atoms with van der Waals surface area (Å²) in [5.74, 6) is 5.64. The number of allylic oxidation sites excluding steroid dienone is 17. The van der Waals surface area contributed by atoms with Crippen LogP contribution in [-0.4, -0.2) is 29.1 Å². The maximum absolute atomic E-state index is 7.31. The smallest absolute Gasteiger partial charge is 0.132 e. The molecule has 0 saturated carbocycles. The fourth-order valence-corrected chi connectivity index (χ4v) is 17.4. The van der Waals surface area contributed by atoms with Gasteiger partial charge in [0.25, 0.3) is 0 Å². The first-order valence-corrected chi connectivity index (χ1v) is 33.7. The van der Waals surface area contributed by atoms with Gasteiger partial charge in [0, 0.05) is 81.5 Å². The Bertz CT molecular complexity index is 3990. The van der Waals surface area contributed by atoms with Crippen LogP contribution in [0.15, 0.2) is 296 Å². The van der Waals surface area contributed by atoms with Crippen molar-refractivity contribution in [2.24, 2.45) is 23.7 Å². The summed E-state index contributed by atoms with van der Waals surface area (Å²) in [7, 11) is 0. The van der Waals surface area contributed by atoms with E-state index in [0.717, 1.165) is 87.0 Å². The van der Waals surface area contributed by atoms with Gasteiger partial charge in [-0.15, -0.1) is 0 Å². The summed E-state index contributed by atoms with van der Waals surface area (Å²) in [6.45, 7) is 0. The van der Waals surface area contributed by atoms with E-state index in [2.05, 4.69) is 283 Å². The van der Waals surface area contributed by atoms with E-state index >= 15 is 0 Å². The van der Waals surface area contributed by atoms with E-state index < -0.39 is 5.41 Å². The van der Waals surface area contributed by atoms with Gasteiger partial charge in [0.05, 0.1) is 5.41 Å². The van der Waals surface area contributed by atoms with Crippen molar-refractivity contribution in [1.82, 2.24) is 4.90 Å². The third kappa shape index (κ3) is 10.6. The van der Waals surface area contributed by atoms with Gasteiger partial charge in [0.15, 0.2) is 0 Å². The highest BCUT2D eigenvalue weighted by Gasteiger charge is 2.57. The van der Waals surface area contributed by atoms with Crippen LogP contribution < -0.4 is 9.64 Å². The van der Waals surface area contributed by atoms with Crippen LogP contribution >= 0.6 is 0 Å². The van der Waals surface area contributed by atoms with Crippen LogP contribution in [-0.2, 0) is 10.2 Å². The van der Waals surface area contributed by atoms with Gasteiger partial charge in [-0.1, -0.05) is 219 Å². The largest absolute Gasteiger partial charge is 0.486 e. The Kier molecular flexibility index (Phi) is 15.3. The molecule has 8 aliphatic carbocycles. The molecule has 16 rings (SSSR count). The average molecular weight is 1160 g/mol. The standard InChI is InChI=1S/C85H82N2O2/c1-5-21-59(22-6-1)65-29-17-33-73(53-65)86(74-34-18-30-66(54-74)60-23-7-2-8-24-60)71-47-41-63(42-48-71)69-45-51-79-83(57-69)88-81-39-15-13-37-77(81)85(79)78-38-14-16-40-82(78)89-84-58-70(46-52-80(84)85)64-43-49-72(50-44-64)87(75-35-19-31-67(55-75)61-25-9-3-10-26-61)76-36-20-32-68(56-76)62-27-11-4-12-28-62/h1-11,14,16-25,29,31-32,34-35,37-41,43-47,49-52,54-55,57-58,61-63,65-66,68,71,73,76,79,83H,12-13,15,26-28,30,33,36,42,48,53,56H2. The highest BCUT2D eigenvalue weighted by Crippen LogP contribution is 2.63. The summed E-state index contributed by atoms with van der Waals surface area (Å²) in [6.07, 6.45) is 62.7. The van der Waals surface area contributed by atoms with Crippen LogP contribution in [0.2, 0.25) is 0 Å². The van der Waals surface area contributed by atoms with E-state index in [-0.39, 0.29) is 12.0 Å². The van der Waals surface area contributed by atoms with Crippen molar-refractivity contribution in [2.75, 3.05) is 4.90 Å². The van der Waals surface area contributed by atoms with Crippen LogP contribution in [0.5, 0.6) is 11.5 Å².